The van der Waals surface area contributed by atoms with Gasteiger partial charge < -0.3 is 15.2 Å². The number of aryl methyl sites for hydroxylation is 1. The van der Waals surface area contributed by atoms with Crippen LogP contribution in [0, 0.1) is 5.92 Å². The van der Waals surface area contributed by atoms with Crippen LogP contribution in [0.5, 0.6) is 11.5 Å². The molecule has 2 aromatic rings. The van der Waals surface area contributed by atoms with Crippen molar-refractivity contribution in [1.82, 2.24) is 4.98 Å². The van der Waals surface area contributed by atoms with Gasteiger partial charge in [-0.2, -0.15) is 0 Å². The molecule has 0 atom stereocenters. The molecule has 0 aliphatic heterocycles. The predicted molar refractivity (Wildman–Crippen MR) is 96.8 cm³/mol. The zero-order chi connectivity index (χ0) is 18.0. The lowest BCUT2D eigenvalue weighted by Crippen LogP contribution is -2.05. The number of aromatic amines is 1. The van der Waals surface area contributed by atoms with Gasteiger partial charge in [0, 0.05) is 0 Å². The largest absolute Gasteiger partial charge is 0.507 e. The lowest BCUT2D eigenvalue weighted by atomic mass is 9.97. The number of aromatic hydroxyl groups is 2. The van der Waals surface area contributed by atoms with Crippen molar-refractivity contribution in [2.75, 3.05) is 0 Å². The van der Waals surface area contributed by atoms with Gasteiger partial charge in [0.25, 0.3) is 0 Å². The van der Waals surface area contributed by atoms with Gasteiger partial charge in [-0.25, -0.2) is 0 Å². The van der Waals surface area contributed by atoms with Gasteiger partial charge in [-0.3, -0.25) is 4.79 Å². The van der Waals surface area contributed by atoms with Gasteiger partial charge >= 0.3 is 0 Å². The molecule has 0 saturated heterocycles. The van der Waals surface area contributed by atoms with Crippen LogP contribution in [0.1, 0.15) is 48.3 Å². The first-order chi connectivity index (χ1) is 11.2. The van der Waals surface area contributed by atoms with Gasteiger partial charge in [0.2, 0.25) is 5.78 Å². The molecular formula is C17H18Cl3NO3. The van der Waals surface area contributed by atoms with Crippen molar-refractivity contribution in [3.8, 4) is 11.5 Å². The minimum Gasteiger partial charge on any atom is -0.507 e. The van der Waals surface area contributed by atoms with Gasteiger partial charge in [0.15, 0.2) is 0 Å². The normalized spacial score (nSPS) is 11.2. The molecule has 0 fully saturated rings. The molecule has 7 heteroatoms. The standard InChI is InChI=1S/C17H18Cl3NO3/c1-8(2)4-3-5-9-6-10(18)15(23)13(14(9)22)16(24)12-7-11(19)17(20)21-12/h6-8,21-23H,3-5H2,1-2H3. The van der Waals surface area contributed by atoms with E-state index in [1.165, 1.54) is 12.1 Å². The fourth-order valence-corrected chi connectivity index (χ4v) is 2.99. The Kier molecular flexibility index (Phi) is 6.07. The summed E-state index contributed by atoms with van der Waals surface area (Å²) in [7, 11) is 0. The maximum atomic E-state index is 12.6. The van der Waals surface area contributed by atoms with Crippen LogP contribution in [-0.4, -0.2) is 21.0 Å². The number of rotatable bonds is 6. The van der Waals surface area contributed by atoms with E-state index in [2.05, 4.69) is 18.8 Å². The highest BCUT2D eigenvalue weighted by Gasteiger charge is 2.25. The van der Waals surface area contributed by atoms with Gasteiger partial charge in [-0.15, -0.1) is 0 Å². The number of carbonyl (C=O) groups is 1. The van der Waals surface area contributed by atoms with Crippen LogP contribution in [0.15, 0.2) is 12.1 Å². The third-order valence-electron chi connectivity index (χ3n) is 3.73. The van der Waals surface area contributed by atoms with E-state index in [-0.39, 0.29) is 32.2 Å². The van der Waals surface area contributed by atoms with Crippen molar-refractivity contribution in [2.24, 2.45) is 5.92 Å². The molecule has 0 radical (unpaired) electrons. The Hall–Kier alpha value is -1.36. The number of hydrogen-bond acceptors (Lipinski definition) is 3. The van der Waals surface area contributed by atoms with Crippen molar-refractivity contribution in [1.29, 1.82) is 0 Å². The number of phenolic OH excluding ortho intramolecular Hbond substituents is 2. The summed E-state index contributed by atoms with van der Waals surface area (Å²) >= 11 is 17.7. The van der Waals surface area contributed by atoms with Gasteiger partial charge in [0.05, 0.1) is 15.7 Å². The van der Waals surface area contributed by atoms with Crippen LogP contribution in [0.2, 0.25) is 15.2 Å². The number of benzene rings is 1. The van der Waals surface area contributed by atoms with Crippen LogP contribution < -0.4 is 0 Å². The van der Waals surface area contributed by atoms with E-state index in [1.54, 1.807) is 0 Å². The van der Waals surface area contributed by atoms with Crippen molar-refractivity contribution in [3.05, 3.63) is 44.2 Å². The molecule has 4 nitrogen and oxygen atoms in total. The van der Waals surface area contributed by atoms with Gasteiger partial charge in [0.1, 0.15) is 22.2 Å². The molecule has 130 valence electrons. The van der Waals surface area contributed by atoms with Crippen LogP contribution in [-0.2, 0) is 6.42 Å². The fraction of sp³-hybridized carbons (Fsp3) is 0.353. The number of carbonyl (C=O) groups excluding carboxylic acids is 1. The molecule has 24 heavy (non-hydrogen) atoms. The average molecular weight is 391 g/mol. The van der Waals surface area contributed by atoms with E-state index in [1.807, 2.05) is 0 Å². The second kappa shape index (κ2) is 7.68. The zero-order valence-corrected chi connectivity index (χ0v) is 15.6. The Morgan fingerprint density at radius 3 is 2.33 bits per heavy atom. The zero-order valence-electron chi connectivity index (χ0n) is 13.3. The van der Waals surface area contributed by atoms with Gasteiger partial charge in [-0.05, 0) is 36.5 Å². The van der Waals surface area contributed by atoms with E-state index in [9.17, 15) is 15.0 Å². The lowest BCUT2D eigenvalue weighted by molar-refractivity contribution is 0.102. The highest BCUT2D eigenvalue weighted by molar-refractivity contribution is 6.42. The molecule has 0 spiro atoms. The molecule has 0 amide bonds. The number of hydrogen-bond donors (Lipinski definition) is 3. The first kappa shape index (κ1) is 19.0. The number of halogens is 3. The van der Waals surface area contributed by atoms with Crippen LogP contribution >= 0.6 is 34.8 Å². The molecule has 2 rings (SSSR count). The first-order valence-corrected chi connectivity index (χ1v) is 8.67. The van der Waals surface area contributed by atoms with Crippen molar-refractivity contribution >= 4 is 40.6 Å². The third-order valence-corrected chi connectivity index (χ3v) is 4.71. The van der Waals surface area contributed by atoms with E-state index < -0.39 is 11.5 Å². The second-order valence-electron chi connectivity index (χ2n) is 6.05. The SMILES string of the molecule is CC(C)CCCc1cc(Cl)c(O)c(C(=O)c2cc(Cl)c(Cl)[nH]2)c1O. The highest BCUT2D eigenvalue weighted by Crippen LogP contribution is 2.39. The summed E-state index contributed by atoms with van der Waals surface area (Å²) in [4.78, 5) is 15.2. The summed E-state index contributed by atoms with van der Waals surface area (Å²) < 4.78 is 0. The fourth-order valence-electron chi connectivity index (χ4n) is 2.45. The van der Waals surface area contributed by atoms with Crippen molar-refractivity contribution in [3.63, 3.8) is 0 Å². The van der Waals surface area contributed by atoms with E-state index in [0.717, 1.165) is 12.8 Å². The molecule has 1 aromatic carbocycles. The summed E-state index contributed by atoms with van der Waals surface area (Å²) in [6.45, 7) is 4.22. The van der Waals surface area contributed by atoms with E-state index in [4.69, 9.17) is 34.8 Å². The summed E-state index contributed by atoms with van der Waals surface area (Å²) in [6, 6.07) is 2.82. The quantitative estimate of drug-likeness (QED) is 0.562. The number of phenols is 2. The molecule has 0 aliphatic rings. The maximum Gasteiger partial charge on any atom is 0.216 e. The molecule has 1 aromatic heterocycles. The summed E-state index contributed by atoms with van der Waals surface area (Å²) in [5.41, 5.74) is 0.327. The molecule has 1 heterocycles. The smallest absolute Gasteiger partial charge is 0.216 e. The van der Waals surface area contributed by atoms with Crippen LogP contribution in [0.3, 0.4) is 0 Å². The first-order valence-electron chi connectivity index (χ1n) is 7.54. The molecule has 0 unspecified atom stereocenters. The Morgan fingerprint density at radius 1 is 1.12 bits per heavy atom. The number of nitrogens with one attached hydrogen (secondary N) is 1. The van der Waals surface area contributed by atoms with E-state index >= 15 is 0 Å². The number of aromatic nitrogens is 1. The predicted octanol–water partition coefficient (Wildman–Crippen LogP) is 5.60. The van der Waals surface area contributed by atoms with Crippen LogP contribution in [0.4, 0.5) is 0 Å². The highest BCUT2D eigenvalue weighted by atomic mass is 35.5. The summed E-state index contributed by atoms with van der Waals surface area (Å²) in [5, 5.41) is 20.9. The summed E-state index contributed by atoms with van der Waals surface area (Å²) in [5.74, 6) is -0.837. The monoisotopic (exact) mass is 389 g/mol. The maximum absolute atomic E-state index is 12.6. The third kappa shape index (κ3) is 4.00. The Labute approximate surface area is 155 Å². The summed E-state index contributed by atoms with van der Waals surface area (Å²) in [6.07, 6.45) is 2.36. The molecule has 0 bridgehead atoms. The topological polar surface area (TPSA) is 73.3 Å². The Bertz CT molecular complexity index is 749. The molecule has 3 N–H and O–H groups in total. The Balaban J connectivity index is 2.41. The minimum absolute atomic E-state index is 0.0134. The Morgan fingerprint density at radius 2 is 1.79 bits per heavy atom. The molecule has 0 saturated carbocycles. The van der Waals surface area contributed by atoms with Crippen molar-refractivity contribution in [2.45, 2.75) is 33.1 Å². The van der Waals surface area contributed by atoms with Crippen LogP contribution in [0.25, 0.3) is 0 Å². The lowest BCUT2D eigenvalue weighted by Gasteiger charge is -2.13. The molecule has 0 aliphatic carbocycles. The van der Waals surface area contributed by atoms with Crippen molar-refractivity contribution < 1.29 is 15.0 Å². The second-order valence-corrected chi connectivity index (χ2v) is 7.24. The minimum atomic E-state index is -0.633. The molecular weight excluding hydrogens is 373 g/mol. The van der Waals surface area contributed by atoms with E-state index in [0.29, 0.717) is 17.9 Å². The average Bonchev–Trinajstić information content (AvgIpc) is 2.84. The number of ketones is 1. The van der Waals surface area contributed by atoms with Gasteiger partial charge in [-0.1, -0.05) is 55.1 Å². The number of H-pyrrole nitrogens is 1.